The number of nitrogens with two attached hydrogens (primary N) is 1. The number of hydrogen-bond donors (Lipinski definition) is 4. The zero-order chi connectivity index (χ0) is 25.9. The van der Waals surface area contributed by atoms with Crippen molar-refractivity contribution < 1.29 is 14.3 Å². The number of alkyl carbamates (subject to hydrolysis) is 1. The van der Waals surface area contributed by atoms with Gasteiger partial charge in [-0.25, -0.2) is 14.8 Å². The molecule has 0 aliphatic rings. The average Bonchev–Trinajstić information content (AvgIpc) is 3.16. The molecule has 186 valence electrons. The maximum Gasteiger partial charge on any atom is 0.407 e. The van der Waals surface area contributed by atoms with Gasteiger partial charge < -0.3 is 26.1 Å². The number of amides is 2. The molecule has 2 heterocycles. The molecule has 2 aromatic carbocycles. The Balaban J connectivity index is 1.72. The number of carbonyl (C=O) groups is 2. The molecule has 9 heteroatoms. The summed E-state index contributed by atoms with van der Waals surface area (Å²) >= 11 is 0. The first-order valence-corrected chi connectivity index (χ1v) is 11.6. The van der Waals surface area contributed by atoms with Gasteiger partial charge in [0.2, 0.25) is 5.91 Å². The SMILES string of the molecule is Cc1[nH]c2cccc(C(N)=O)c2c1-c1ncc(CNC(=O)OC(C)(C)C)c(NCc2ccccc2)n1. The number of H-pyrrole nitrogens is 1. The van der Waals surface area contributed by atoms with Crippen molar-refractivity contribution >= 4 is 28.7 Å². The van der Waals surface area contributed by atoms with E-state index in [-0.39, 0.29) is 6.54 Å². The first-order valence-electron chi connectivity index (χ1n) is 11.6. The van der Waals surface area contributed by atoms with Crippen LogP contribution in [0.3, 0.4) is 0 Å². The molecule has 0 saturated carbocycles. The number of ether oxygens (including phenoxy) is 1. The van der Waals surface area contributed by atoms with Crippen LogP contribution in [0.15, 0.2) is 54.7 Å². The van der Waals surface area contributed by atoms with Crippen LogP contribution in [0.25, 0.3) is 22.3 Å². The summed E-state index contributed by atoms with van der Waals surface area (Å²) in [6.45, 7) is 8.02. The van der Waals surface area contributed by atoms with E-state index in [4.69, 9.17) is 15.5 Å². The van der Waals surface area contributed by atoms with E-state index in [1.54, 1.807) is 39.1 Å². The fraction of sp³-hybridized carbons (Fsp3) is 0.259. The Morgan fingerprint density at radius 2 is 1.81 bits per heavy atom. The highest BCUT2D eigenvalue weighted by atomic mass is 16.6. The van der Waals surface area contributed by atoms with Gasteiger partial charge in [-0.05, 0) is 45.4 Å². The van der Waals surface area contributed by atoms with E-state index in [1.165, 1.54) is 0 Å². The summed E-state index contributed by atoms with van der Waals surface area (Å²) < 4.78 is 5.35. The van der Waals surface area contributed by atoms with Crippen molar-refractivity contribution in [3.05, 3.63) is 77.1 Å². The molecule has 0 radical (unpaired) electrons. The van der Waals surface area contributed by atoms with Crippen molar-refractivity contribution in [1.29, 1.82) is 0 Å². The van der Waals surface area contributed by atoms with E-state index in [9.17, 15) is 9.59 Å². The molecule has 5 N–H and O–H groups in total. The zero-order valence-corrected chi connectivity index (χ0v) is 20.8. The second kappa shape index (κ2) is 10.1. The van der Waals surface area contributed by atoms with Gasteiger partial charge in [0, 0.05) is 46.0 Å². The number of nitrogens with one attached hydrogen (secondary N) is 3. The predicted molar refractivity (Wildman–Crippen MR) is 139 cm³/mol. The lowest BCUT2D eigenvalue weighted by Gasteiger charge is -2.20. The van der Waals surface area contributed by atoms with Crippen LogP contribution in [0.2, 0.25) is 0 Å². The molecule has 0 aliphatic heterocycles. The number of rotatable bonds is 7. The molecule has 4 aromatic rings. The lowest BCUT2D eigenvalue weighted by Crippen LogP contribution is -2.32. The largest absolute Gasteiger partial charge is 0.444 e. The molecule has 0 aliphatic carbocycles. The van der Waals surface area contributed by atoms with E-state index in [0.717, 1.165) is 16.8 Å². The highest BCUT2D eigenvalue weighted by molar-refractivity contribution is 6.11. The standard InChI is InChI=1S/C27H30N6O3/c1-16-21(22-19(23(28)34)11-8-12-20(22)32-16)25-30-14-18(15-31-26(35)36-27(2,3)4)24(33-25)29-13-17-9-6-5-7-10-17/h5-12,14,32H,13,15H2,1-4H3,(H2,28,34)(H,31,35)(H,29,30,33). The van der Waals surface area contributed by atoms with Crippen molar-refractivity contribution in [2.24, 2.45) is 5.73 Å². The molecular weight excluding hydrogens is 456 g/mol. The number of fused-ring (bicyclic) bond motifs is 1. The minimum absolute atomic E-state index is 0.172. The highest BCUT2D eigenvalue weighted by Gasteiger charge is 2.21. The number of hydrogen-bond acceptors (Lipinski definition) is 6. The number of nitrogens with zero attached hydrogens (tertiary/aromatic N) is 2. The molecular formula is C27H30N6O3. The van der Waals surface area contributed by atoms with Gasteiger partial charge in [0.05, 0.1) is 6.54 Å². The Morgan fingerprint density at radius 1 is 1.06 bits per heavy atom. The Morgan fingerprint density at radius 3 is 2.50 bits per heavy atom. The van der Waals surface area contributed by atoms with Crippen LogP contribution in [0.4, 0.5) is 10.6 Å². The number of carbonyl (C=O) groups excluding carboxylic acids is 2. The Hall–Kier alpha value is -4.40. The molecule has 2 aromatic heterocycles. The quantitative estimate of drug-likeness (QED) is 0.300. The summed E-state index contributed by atoms with van der Waals surface area (Å²) in [7, 11) is 0. The van der Waals surface area contributed by atoms with Crippen molar-refractivity contribution in [3.63, 3.8) is 0 Å². The molecule has 0 fully saturated rings. The first kappa shape index (κ1) is 24.7. The predicted octanol–water partition coefficient (Wildman–Crippen LogP) is 4.67. The van der Waals surface area contributed by atoms with E-state index in [1.807, 2.05) is 43.3 Å². The van der Waals surface area contributed by atoms with Gasteiger partial charge >= 0.3 is 6.09 Å². The summed E-state index contributed by atoms with van der Waals surface area (Å²) in [6.07, 6.45) is 1.14. The first-order chi connectivity index (χ1) is 17.1. The second-order valence-electron chi connectivity index (χ2n) is 9.48. The Labute approximate surface area is 209 Å². The maximum atomic E-state index is 12.2. The maximum absolute atomic E-state index is 12.2. The molecule has 0 bridgehead atoms. The number of anilines is 1. The topological polar surface area (TPSA) is 135 Å². The van der Waals surface area contributed by atoms with Crippen LogP contribution in [0, 0.1) is 6.92 Å². The third-order valence-electron chi connectivity index (χ3n) is 5.49. The normalized spacial score (nSPS) is 11.3. The molecule has 36 heavy (non-hydrogen) atoms. The van der Waals surface area contributed by atoms with Crippen LogP contribution in [-0.4, -0.2) is 32.6 Å². The summed E-state index contributed by atoms with van der Waals surface area (Å²) in [5.74, 6) is 0.468. The van der Waals surface area contributed by atoms with E-state index in [0.29, 0.717) is 40.3 Å². The summed E-state index contributed by atoms with van der Waals surface area (Å²) in [6, 6.07) is 15.3. The van der Waals surface area contributed by atoms with Crippen LogP contribution in [0.5, 0.6) is 0 Å². The van der Waals surface area contributed by atoms with Gasteiger partial charge in [-0.1, -0.05) is 36.4 Å². The Kier molecular flexibility index (Phi) is 6.91. The minimum Gasteiger partial charge on any atom is -0.444 e. The van der Waals surface area contributed by atoms with Gasteiger partial charge in [-0.2, -0.15) is 0 Å². The lowest BCUT2D eigenvalue weighted by molar-refractivity contribution is 0.0523. The number of aromatic nitrogens is 3. The molecule has 0 unspecified atom stereocenters. The van der Waals surface area contributed by atoms with Crippen molar-refractivity contribution in [3.8, 4) is 11.4 Å². The molecule has 0 spiro atoms. The van der Waals surface area contributed by atoms with Gasteiger partial charge in [0.15, 0.2) is 5.82 Å². The number of benzene rings is 2. The molecule has 4 rings (SSSR count). The molecule has 9 nitrogen and oxygen atoms in total. The van der Waals surface area contributed by atoms with E-state index in [2.05, 4.69) is 20.6 Å². The van der Waals surface area contributed by atoms with Gasteiger partial charge in [0.25, 0.3) is 0 Å². The lowest BCUT2D eigenvalue weighted by atomic mass is 10.0. The van der Waals surface area contributed by atoms with Crippen LogP contribution in [0.1, 0.15) is 48.0 Å². The van der Waals surface area contributed by atoms with Crippen LogP contribution >= 0.6 is 0 Å². The van der Waals surface area contributed by atoms with Crippen molar-refractivity contribution in [2.45, 2.75) is 46.4 Å². The van der Waals surface area contributed by atoms with E-state index < -0.39 is 17.6 Å². The zero-order valence-electron chi connectivity index (χ0n) is 20.8. The van der Waals surface area contributed by atoms with Gasteiger partial charge in [0.1, 0.15) is 11.4 Å². The smallest absolute Gasteiger partial charge is 0.407 e. The van der Waals surface area contributed by atoms with Gasteiger partial charge in [-0.3, -0.25) is 4.79 Å². The van der Waals surface area contributed by atoms with E-state index >= 15 is 0 Å². The second-order valence-corrected chi connectivity index (χ2v) is 9.48. The third-order valence-corrected chi connectivity index (χ3v) is 5.49. The summed E-state index contributed by atoms with van der Waals surface area (Å²) in [5, 5.41) is 6.81. The highest BCUT2D eigenvalue weighted by Crippen LogP contribution is 2.33. The fourth-order valence-corrected chi connectivity index (χ4v) is 3.94. The molecule has 2 amide bonds. The average molecular weight is 487 g/mol. The summed E-state index contributed by atoms with van der Waals surface area (Å²) in [4.78, 5) is 37.1. The van der Waals surface area contributed by atoms with Gasteiger partial charge in [-0.15, -0.1) is 0 Å². The molecule has 0 atom stereocenters. The van der Waals surface area contributed by atoms with Crippen LogP contribution in [-0.2, 0) is 17.8 Å². The number of primary amides is 1. The van der Waals surface area contributed by atoms with Crippen molar-refractivity contribution in [2.75, 3.05) is 5.32 Å². The number of aryl methyl sites for hydroxylation is 1. The Bertz CT molecular complexity index is 1410. The third kappa shape index (κ3) is 5.63. The van der Waals surface area contributed by atoms with Crippen LogP contribution < -0.4 is 16.4 Å². The summed E-state index contributed by atoms with van der Waals surface area (Å²) in [5.41, 5.74) is 9.49. The number of aromatic amines is 1. The fourth-order valence-electron chi connectivity index (χ4n) is 3.94. The molecule has 0 saturated heterocycles. The minimum atomic E-state index is -0.607. The monoisotopic (exact) mass is 486 g/mol. The van der Waals surface area contributed by atoms with Crippen molar-refractivity contribution in [1.82, 2.24) is 20.3 Å².